The Bertz CT molecular complexity index is 189. The summed E-state index contributed by atoms with van der Waals surface area (Å²) >= 11 is 0. The third kappa shape index (κ3) is 0.648. The lowest BCUT2D eigenvalue weighted by atomic mass is 9.94. The van der Waals surface area contributed by atoms with Crippen molar-refractivity contribution in [2.75, 3.05) is 0 Å². The molecule has 10 heavy (non-hydrogen) atoms. The lowest BCUT2D eigenvalue weighted by Gasteiger charge is -2.15. The molecule has 0 aromatic heterocycles. The van der Waals surface area contributed by atoms with E-state index in [1.807, 2.05) is 0 Å². The Morgan fingerprint density at radius 3 is 2.60 bits per heavy atom. The molecule has 2 nitrogen and oxygen atoms in total. The molecule has 1 saturated carbocycles. The minimum absolute atomic E-state index is 0.222. The zero-order valence-corrected chi connectivity index (χ0v) is 5.97. The van der Waals surface area contributed by atoms with E-state index in [0.717, 1.165) is 12.8 Å². The molecule has 0 aromatic carbocycles. The van der Waals surface area contributed by atoms with E-state index in [9.17, 15) is 4.79 Å². The first-order chi connectivity index (χ1) is 4.83. The summed E-state index contributed by atoms with van der Waals surface area (Å²) in [6, 6.07) is 0. The fourth-order valence-electron chi connectivity index (χ4n) is 1.93. The van der Waals surface area contributed by atoms with E-state index in [1.54, 1.807) is 6.21 Å². The van der Waals surface area contributed by atoms with Gasteiger partial charge in [-0.1, -0.05) is 12.8 Å². The summed E-state index contributed by atoms with van der Waals surface area (Å²) in [7, 11) is 0. The third-order valence-corrected chi connectivity index (χ3v) is 2.56. The number of rotatable bonds is 0. The molecule has 0 bridgehead atoms. The first-order valence-corrected chi connectivity index (χ1v) is 3.90. The van der Waals surface area contributed by atoms with E-state index in [1.165, 1.54) is 12.8 Å². The molecule has 0 N–H and O–H groups in total. The summed E-state index contributed by atoms with van der Waals surface area (Å²) in [6.45, 7) is 0. The minimum Gasteiger partial charge on any atom is -0.297 e. The van der Waals surface area contributed by atoms with Gasteiger partial charge in [0.05, 0.1) is 0 Å². The minimum atomic E-state index is -0.222. The topological polar surface area (TPSA) is 29.4 Å². The molecule has 1 spiro atoms. The molecule has 1 aliphatic heterocycles. The SMILES string of the molecule is O=C1CC=NC12CCCC2. The second-order valence-corrected chi connectivity index (χ2v) is 3.18. The summed E-state index contributed by atoms with van der Waals surface area (Å²) in [6.07, 6.45) is 6.74. The van der Waals surface area contributed by atoms with Crippen LogP contribution in [0.25, 0.3) is 0 Å². The molecule has 1 heterocycles. The molecule has 0 atom stereocenters. The highest BCUT2D eigenvalue weighted by Gasteiger charge is 2.41. The van der Waals surface area contributed by atoms with Gasteiger partial charge in [0.15, 0.2) is 5.78 Å². The maximum absolute atomic E-state index is 11.3. The van der Waals surface area contributed by atoms with E-state index in [2.05, 4.69) is 4.99 Å². The van der Waals surface area contributed by atoms with Crippen LogP contribution in [0.1, 0.15) is 32.1 Å². The Kier molecular flexibility index (Phi) is 1.16. The standard InChI is InChI=1S/C8H11NO/c10-7-3-6-9-8(7)4-1-2-5-8/h6H,1-5H2. The van der Waals surface area contributed by atoms with Gasteiger partial charge < -0.3 is 0 Å². The molecule has 54 valence electrons. The highest BCUT2D eigenvalue weighted by atomic mass is 16.1. The molecular formula is C8H11NO. The van der Waals surface area contributed by atoms with Crippen molar-refractivity contribution in [1.29, 1.82) is 0 Å². The predicted molar refractivity (Wildman–Crippen MR) is 39.3 cm³/mol. The second kappa shape index (κ2) is 1.91. The van der Waals surface area contributed by atoms with Crippen LogP contribution in [0.4, 0.5) is 0 Å². The molecule has 0 unspecified atom stereocenters. The van der Waals surface area contributed by atoms with Crippen LogP contribution in [0.15, 0.2) is 4.99 Å². The quantitative estimate of drug-likeness (QED) is 0.495. The van der Waals surface area contributed by atoms with Crippen molar-refractivity contribution < 1.29 is 4.79 Å². The van der Waals surface area contributed by atoms with Crippen molar-refractivity contribution in [3.8, 4) is 0 Å². The molecule has 2 heteroatoms. The van der Waals surface area contributed by atoms with Crippen LogP contribution in [0.3, 0.4) is 0 Å². The van der Waals surface area contributed by atoms with Crippen molar-refractivity contribution in [2.45, 2.75) is 37.6 Å². The van der Waals surface area contributed by atoms with Crippen LogP contribution in [0, 0.1) is 0 Å². The van der Waals surface area contributed by atoms with Crippen LogP contribution in [-0.2, 0) is 4.79 Å². The van der Waals surface area contributed by atoms with Crippen LogP contribution in [0.2, 0.25) is 0 Å². The second-order valence-electron chi connectivity index (χ2n) is 3.18. The predicted octanol–water partition coefficient (Wildman–Crippen LogP) is 1.34. The largest absolute Gasteiger partial charge is 0.297 e. The maximum atomic E-state index is 11.3. The molecule has 2 rings (SSSR count). The van der Waals surface area contributed by atoms with Gasteiger partial charge in [0.1, 0.15) is 5.54 Å². The van der Waals surface area contributed by atoms with E-state index < -0.39 is 0 Å². The van der Waals surface area contributed by atoms with Gasteiger partial charge in [-0.2, -0.15) is 0 Å². The normalized spacial score (nSPS) is 28.6. The molecule has 1 fully saturated rings. The number of aliphatic imine (C=N–C) groups is 1. The lowest BCUT2D eigenvalue weighted by molar-refractivity contribution is -0.121. The highest BCUT2D eigenvalue weighted by Crippen LogP contribution is 2.36. The Balaban J connectivity index is 2.27. The van der Waals surface area contributed by atoms with E-state index >= 15 is 0 Å². The number of hydrogen-bond donors (Lipinski definition) is 0. The fraction of sp³-hybridized carbons (Fsp3) is 0.750. The Morgan fingerprint density at radius 2 is 2.10 bits per heavy atom. The van der Waals surface area contributed by atoms with Crippen molar-refractivity contribution in [3.05, 3.63) is 0 Å². The van der Waals surface area contributed by atoms with Gasteiger partial charge in [-0.25, -0.2) is 0 Å². The Morgan fingerprint density at radius 1 is 1.40 bits per heavy atom. The Hall–Kier alpha value is -0.660. The lowest BCUT2D eigenvalue weighted by Crippen LogP contribution is -2.28. The molecule has 0 saturated heterocycles. The van der Waals surface area contributed by atoms with Crippen molar-refractivity contribution >= 4 is 12.0 Å². The number of carbonyl (C=O) groups is 1. The zero-order valence-electron chi connectivity index (χ0n) is 5.97. The third-order valence-electron chi connectivity index (χ3n) is 2.56. The fourth-order valence-corrected chi connectivity index (χ4v) is 1.93. The average molecular weight is 137 g/mol. The number of nitrogens with zero attached hydrogens (tertiary/aromatic N) is 1. The Labute approximate surface area is 60.3 Å². The smallest absolute Gasteiger partial charge is 0.165 e. The summed E-state index contributed by atoms with van der Waals surface area (Å²) in [4.78, 5) is 15.5. The van der Waals surface area contributed by atoms with Gasteiger partial charge in [-0.15, -0.1) is 0 Å². The van der Waals surface area contributed by atoms with E-state index in [4.69, 9.17) is 0 Å². The summed E-state index contributed by atoms with van der Waals surface area (Å²) in [5.74, 6) is 0.352. The van der Waals surface area contributed by atoms with Crippen molar-refractivity contribution in [1.82, 2.24) is 0 Å². The van der Waals surface area contributed by atoms with E-state index in [-0.39, 0.29) is 5.54 Å². The van der Waals surface area contributed by atoms with Crippen molar-refractivity contribution in [3.63, 3.8) is 0 Å². The number of hydrogen-bond acceptors (Lipinski definition) is 2. The number of Topliss-reactive ketones (excluding diaryl/α,β-unsaturated/α-hetero) is 1. The first kappa shape index (κ1) is 6.08. The van der Waals surface area contributed by atoms with Gasteiger partial charge in [0.25, 0.3) is 0 Å². The molecule has 0 radical (unpaired) electrons. The first-order valence-electron chi connectivity index (χ1n) is 3.90. The zero-order chi connectivity index (χ0) is 7.03. The summed E-state index contributed by atoms with van der Waals surface area (Å²) in [5.41, 5.74) is -0.222. The maximum Gasteiger partial charge on any atom is 0.165 e. The van der Waals surface area contributed by atoms with Crippen LogP contribution < -0.4 is 0 Å². The van der Waals surface area contributed by atoms with Gasteiger partial charge in [-0.05, 0) is 12.8 Å². The molecule has 0 aromatic rings. The number of carbonyl (C=O) groups excluding carboxylic acids is 1. The average Bonchev–Trinajstić information content (AvgIpc) is 2.48. The van der Waals surface area contributed by atoms with Crippen LogP contribution >= 0.6 is 0 Å². The molecule has 2 aliphatic rings. The van der Waals surface area contributed by atoms with E-state index in [0.29, 0.717) is 12.2 Å². The van der Waals surface area contributed by atoms with Crippen molar-refractivity contribution in [2.24, 2.45) is 4.99 Å². The highest BCUT2D eigenvalue weighted by molar-refractivity contribution is 6.03. The van der Waals surface area contributed by atoms with Gasteiger partial charge in [0, 0.05) is 12.6 Å². The van der Waals surface area contributed by atoms with Crippen LogP contribution in [-0.4, -0.2) is 17.5 Å². The molecule has 1 aliphatic carbocycles. The summed E-state index contributed by atoms with van der Waals surface area (Å²) < 4.78 is 0. The van der Waals surface area contributed by atoms with Gasteiger partial charge >= 0.3 is 0 Å². The van der Waals surface area contributed by atoms with Crippen LogP contribution in [0.5, 0.6) is 0 Å². The number of ketones is 1. The monoisotopic (exact) mass is 137 g/mol. The van der Waals surface area contributed by atoms with Gasteiger partial charge in [0.2, 0.25) is 0 Å². The van der Waals surface area contributed by atoms with Gasteiger partial charge in [-0.3, -0.25) is 9.79 Å². The summed E-state index contributed by atoms with van der Waals surface area (Å²) in [5, 5.41) is 0. The molecule has 0 amide bonds. The molecular weight excluding hydrogens is 126 g/mol.